The van der Waals surface area contributed by atoms with E-state index in [1.807, 2.05) is 37.4 Å². The third kappa shape index (κ3) is 3.94. The van der Waals surface area contributed by atoms with Crippen LogP contribution in [0, 0.1) is 0 Å². The Labute approximate surface area is 126 Å². The summed E-state index contributed by atoms with van der Waals surface area (Å²) in [5, 5.41) is 10.5. The Kier molecular flexibility index (Phi) is 5.14. The van der Waals surface area contributed by atoms with Crippen LogP contribution in [0.3, 0.4) is 0 Å². The van der Waals surface area contributed by atoms with Crippen LogP contribution in [-0.2, 0) is 6.54 Å². The van der Waals surface area contributed by atoms with Crippen LogP contribution in [0.2, 0.25) is 0 Å². The highest BCUT2D eigenvalue weighted by molar-refractivity contribution is 5.96. The van der Waals surface area contributed by atoms with Crippen molar-refractivity contribution < 1.29 is 4.79 Å². The number of benzene rings is 1. The molecule has 0 fully saturated rings. The van der Waals surface area contributed by atoms with Gasteiger partial charge >= 0.3 is 0 Å². The quantitative estimate of drug-likeness (QED) is 0.752. The number of nitrogens with zero attached hydrogens (tertiary/aromatic N) is 1. The number of hydrogen-bond donors (Lipinski definition) is 2. The highest BCUT2D eigenvalue weighted by Crippen LogP contribution is 2.18. The second kappa shape index (κ2) is 7.07. The molecule has 0 spiro atoms. The fourth-order valence-electron chi connectivity index (χ4n) is 2.30. The molecule has 21 heavy (non-hydrogen) atoms. The standard InChI is InChI=1S/C17H23N3O/c1-4-5-16(21)13-6-8-15(9-7-13)18-10-14-11-19-20-17(14)12(2)3/h6-9,11-12,18H,4-5,10H2,1-3H3,(H,19,20). The molecule has 0 saturated heterocycles. The molecule has 0 aliphatic rings. The molecule has 0 radical (unpaired) electrons. The summed E-state index contributed by atoms with van der Waals surface area (Å²) in [6, 6.07) is 7.69. The maximum absolute atomic E-state index is 11.8. The monoisotopic (exact) mass is 285 g/mol. The van der Waals surface area contributed by atoms with Gasteiger partial charge < -0.3 is 5.32 Å². The van der Waals surface area contributed by atoms with Gasteiger partial charge in [-0.2, -0.15) is 5.10 Å². The van der Waals surface area contributed by atoms with E-state index in [-0.39, 0.29) is 5.78 Å². The third-order valence-corrected chi connectivity index (χ3v) is 3.50. The Morgan fingerprint density at radius 3 is 2.62 bits per heavy atom. The number of carbonyl (C=O) groups excluding carboxylic acids is 1. The lowest BCUT2D eigenvalue weighted by Crippen LogP contribution is -2.03. The number of ketones is 1. The zero-order valence-corrected chi connectivity index (χ0v) is 12.9. The van der Waals surface area contributed by atoms with E-state index < -0.39 is 0 Å². The minimum Gasteiger partial charge on any atom is -0.381 e. The first-order valence-corrected chi connectivity index (χ1v) is 7.51. The first kappa shape index (κ1) is 15.3. The number of rotatable bonds is 7. The molecular formula is C17H23N3O. The fraction of sp³-hybridized carbons (Fsp3) is 0.412. The Balaban J connectivity index is 1.97. The lowest BCUT2D eigenvalue weighted by Gasteiger charge is -2.09. The van der Waals surface area contributed by atoms with Crippen molar-refractivity contribution in [1.29, 1.82) is 0 Å². The van der Waals surface area contributed by atoms with Crippen LogP contribution in [0.1, 0.15) is 61.1 Å². The summed E-state index contributed by atoms with van der Waals surface area (Å²) in [6.07, 6.45) is 3.36. The van der Waals surface area contributed by atoms with Crippen molar-refractivity contribution in [1.82, 2.24) is 10.2 Å². The number of aromatic amines is 1. The summed E-state index contributed by atoms with van der Waals surface area (Å²) >= 11 is 0. The molecule has 4 nitrogen and oxygen atoms in total. The predicted molar refractivity (Wildman–Crippen MR) is 85.7 cm³/mol. The van der Waals surface area contributed by atoms with Crippen LogP contribution >= 0.6 is 0 Å². The molecule has 2 rings (SSSR count). The average molecular weight is 285 g/mol. The van der Waals surface area contributed by atoms with Gasteiger partial charge in [-0.1, -0.05) is 20.8 Å². The van der Waals surface area contributed by atoms with E-state index >= 15 is 0 Å². The number of nitrogens with one attached hydrogen (secondary N) is 2. The van der Waals surface area contributed by atoms with Crippen molar-refractivity contribution in [3.63, 3.8) is 0 Å². The maximum atomic E-state index is 11.8. The van der Waals surface area contributed by atoms with Crippen LogP contribution < -0.4 is 5.32 Å². The summed E-state index contributed by atoms with van der Waals surface area (Å²) in [4.78, 5) is 11.8. The molecule has 0 saturated carbocycles. The molecule has 1 heterocycles. The van der Waals surface area contributed by atoms with Gasteiger partial charge in [-0.05, 0) is 36.6 Å². The molecule has 2 N–H and O–H groups in total. The summed E-state index contributed by atoms with van der Waals surface area (Å²) in [7, 11) is 0. The molecule has 0 aliphatic heterocycles. The average Bonchev–Trinajstić information content (AvgIpc) is 2.94. The number of Topliss-reactive ketones (excluding diaryl/α,β-unsaturated/α-hetero) is 1. The summed E-state index contributed by atoms with van der Waals surface area (Å²) in [6.45, 7) is 7.04. The van der Waals surface area contributed by atoms with E-state index in [1.165, 1.54) is 5.56 Å². The molecule has 0 atom stereocenters. The molecule has 0 amide bonds. The van der Waals surface area contributed by atoms with E-state index in [2.05, 4.69) is 29.4 Å². The van der Waals surface area contributed by atoms with Gasteiger partial charge in [-0.25, -0.2) is 0 Å². The molecule has 1 aromatic heterocycles. The summed E-state index contributed by atoms with van der Waals surface area (Å²) in [5.74, 6) is 0.638. The van der Waals surface area contributed by atoms with Crippen LogP contribution in [0.5, 0.6) is 0 Å². The highest BCUT2D eigenvalue weighted by Gasteiger charge is 2.09. The van der Waals surface area contributed by atoms with E-state index in [9.17, 15) is 4.79 Å². The minimum absolute atomic E-state index is 0.209. The Bertz CT molecular complexity index is 584. The van der Waals surface area contributed by atoms with Crippen molar-refractivity contribution in [3.8, 4) is 0 Å². The summed E-state index contributed by atoms with van der Waals surface area (Å²) in [5.41, 5.74) is 4.14. The minimum atomic E-state index is 0.209. The molecular weight excluding hydrogens is 262 g/mol. The van der Waals surface area contributed by atoms with Crippen molar-refractivity contribution in [2.75, 3.05) is 5.32 Å². The first-order valence-electron chi connectivity index (χ1n) is 7.51. The van der Waals surface area contributed by atoms with Crippen molar-refractivity contribution >= 4 is 11.5 Å². The molecule has 4 heteroatoms. The molecule has 0 aliphatic carbocycles. The van der Waals surface area contributed by atoms with Crippen LogP contribution in [-0.4, -0.2) is 16.0 Å². The number of anilines is 1. The summed E-state index contributed by atoms with van der Waals surface area (Å²) < 4.78 is 0. The van der Waals surface area contributed by atoms with Gasteiger partial charge in [0, 0.05) is 35.5 Å². The van der Waals surface area contributed by atoms with Gasteiger partial charge in [0.1, 0.15) is 0 Å². The van der Waals surface area contributed by atoms with Gasteiger partial charge in [0.05, 0.1) is 6.20 Å². The van der Waals surface area contributed by atoms with E-state index in [1.54, 1.807) is 0 Å². The lowest BCUT2D eigenvalue weighted by molar-refractivity contribution is 0.0982. The SMILES string of the molecule is CCCC(=O)c1ccc(NCc2cn[nH]c2C(C)C)cc1. The second-order valence-corrected chi connectivity index (χ2v) is 5.57. The van der Waals surface area contributed by atoms with Crippen LogP contribution in [0.4, 0.5) is 5.69 Å². The van der Waals surface area contributed by atoms with Gasteiger partial charge in [0.25, 0.3) is 0 Å². The molecule has 2 aromatic rings. The zero-order chi connectivity index (χ0) is 15.2. The molecule has 112 valence electrons. The number of aromatic nitrogens is 2. The van der Waals surface area contributed by atoms with E-state index in [4.69, 9.17) is 0 Å². The van der Waals surface area contributed by atoms with Gasteiger partial charge in [-0.3, -0.25) is 9.89 Å². The van der Waals surface area contributed by atoms with E-state index in [0.717, 1.165) is 29.9 Å². The predicted octanol–water partition coefficient (Wildman–Crippen LogP) is 4.13. The second-order valence-electron chi connectivity index (χ2n) is 5.57. The number of carbonyl (C=O) groups is 1. The zero-order valence-electron chi connectivity index (χ0n) is 12.9. The first-order chi connectivity index (χ1) is 10.1. The van der Waals surface area contributed by atoms with Gasteiger partial charge in [-0.15, -0.1) is 0 Å². The Morgan fingerprint density at radius 2 is 2.00 bits per heavy atom. The van der Waals surface area contributed by atoms with Crippen molar-refractivity contribution in [3.05, 3.63) is 47.3 Å². The van der Waals surface area contributed by atoms with Crippen molar-refractivity contribution in [2.24, 2.45) is 0 Å². The molecule has 0 bridgehead atoms. The van der Waals surface area contributed by atoms with Crippen molar-refractivity contribution in [2.45, 2.75) is 46.1 Å². The topological polar surface area (TPSA) is 57.8 Å². The normalized spacial score (nSPS) is 10.9. The van der Waals surface area contributed by atoms with Gasteiger partial charge in [0.15, 0.2) is 5.78 Å². The van der Waals surface area contributed by atoms with Crippen LogP contribution in [0.25, 0.3) is 0 Å². The third-order valence-electron chi connectivity index (χ3n) is 3.50. The largest absolute Gasteiger partial charge is 0.381 e. The molecule has 0 unspecified atom stereocenters. The number of H-pyrrole nitrogens is 1. The highest BCUT2D eigenvalue weighted by atomic mass is 16.1. The lowest BCUT2D eigenvalue weighted by atomic mass is 10.1. The van der Waals surface area contributed by atoms with Gasteiger partial charge in [0.2, 0.25) is 0 Å². The number of hydrogen-bond acceptors (Lipinski definition) is 3. The Morgan fingerprint density at radius 1 is 1.29 bits per heavy atom. The van der Waals surface area contributed by atoms with Crippen LogP contribution in [0.15, 0.2) is 30.5 Å². The Hall–Kier alpha value is -2.10. The maximum Gasteiger partial charge on any atom is 0.162 e. The molecule has 1 aromatic carbocycles. The fourth-order valence-corrected chi connectivity index (χ4v) is 2.30. The van der Waals surface area contributed by atoms with E-state index in [0.29, 0.717) is 12.3 Å². The smallest absolute Gasteiger partial charge is 0.162 e.